The largest absolute Gasteiger partial charge is 0.368 e. The Morgan fingerprint density at radius 2 is 2.00 bits per heavy atom. The molecule has 1 heterocycles. The van der Waals surface area contributed by atoms with Gasteiger partial charge in [-0.2, -0.15) is 0 Å². The summed E-state index contributed by atoms with van der Waals surface area (Å²) in [5.41, 5.74) is 5.38. The van der Waals surface area contributed by atoms with Crippen LogP contribution in [0.4, 0.5) is 0 Å². The van der Waals surface area contributed by atoms with Crippen LogP contribution in [0.5, 0.6) is 0 Å². The summed E-state index contributed by atoms with van der Waals surface area (Å²) in [6, 6.07) is -0.169. The summed E-state index contributed by atoms with van der Waals surface area (Å²) < 4.78 is 0. The van der Waals surface area contributed by atoms with Crippen molar-refractivity contribution < 1.29 is 4.79 Å². The number of carbonyl (C=O) groups is 1. The number of rotatable bonds is 7. The molecule has 0 aliphatic carbocycles. The van der Waals surface area contributed by atoms with E-state index in [4.69, 9.17) is 5.73 Å². The van der Waals surface area contributed by atoms with Crippen LogP contribution >= 0.6 is 0 Å². The monoisotopic (exact) mass is 255 g/mol. The topological polar surface area (TPSA) is 58.4 Å². The van der Waals surface area contributed by atoms with Crippen LogP contribution in [-0.4, -0.2) is 43.0 Å². The predicted octanol–water partition coefficient (Wildman–Crippen LogP) is 1.21. The van der Waals surface area contributed by atoms with Gasteiger partial charge in [0, 0.05) is 6.54 Å². The first-order valence-electron chi connectivity index (χ1n) is 7.29. The lowest BCUT2D eigenvalue weighted by Gasteiger charge is -2.34. The van der Waals surface area contributed by atoms with Gasteiger partial charge in [-0.25, -0.2) is 0 Å². The van der Waals surface area contributed by atoms with Crippen molar-refractivity contribution in [1.29, 1.82) is 0 Å². The number of carbonyl (C=O) groups excluding carboxylic acids is 1. The Kier molecular flexibility index (Phi) is 6.65. The van der Waals surface area contributed by atoms with Crippen molar-refractivity contribution >= 4 is 5.91 Å². The molecule has 3 N–H and O–H groups in total. The van der Waals surface area contributed by atoms with Gasteiger partial charge in [-0.3, -0.25) is 4.79 Å². The highest BCUT2D eigenvalue weighted by Gasteiger charge is 2.22. The van der Waals surface area contributed by atoms with Crippen molar-refractivity contribution in [3.63, 3.8) is 0 Å². The second kappa shape index (κ2) is 7.74. The lowest BCUT2D eigenvalue weighted by atomic mass is 9.86. The SMILES string of the molecule is CCNC(CCN1CCC(C(C)C)CC1)C(N)=O. The molecule has 1 unspecified atom stereocenters. The van der Waals surface area contributed by atoms with Crippen LogP contribution < -0.4 is 11.1 Å². The Morgan fingerprint density at radius 1 is 1.39 bits per heavy atom. The van der Waals surface area contributed by atoms with Crippen molar-refractivity contribution in [2.24, 2.45) is 17.6 Å². The van der Waals surface area contributed by atoms with Crippen LogP contribution in [0.15, 0.2) is 0 Å². The molecule has 1 rings (SSSR count). The lowest BCUT2D eigenvalue weighted by molar-refractivity contribution is -0.120. The van der Waals surface area contributed by atoms with Crippen LogP contribution in [0, 0.1) is 11.8 Å². The molecule has 0 bridgehead atoms. The average molecular weight is 255 g/mol. The van der Waals surface area contributed by atoms with E-state index in [2.05, 4.69) is 24.1 Å². The highest BCUT2D eigenvalue weighted by atomic mass is 16.1. The average Bonchev–Trinajstić information content (AvgIpc) is 2.34. The molecular formula is C14H29N3O. The number of likely N-dealkylation sites (tertiary alicyclic amines) is 1. The summed E-state index contributed by atoms with van der Waals surface area (Å²) in [7, 11) is 0. The van der Waals surface area contributed by atoms with Crippen LogP contribution in [0.2, 0.25) is 0 Å². The molecule has 4 nitrogen and oxygen atoms in total. The zero-order valence-corrected chi connectivity index (χ0v) is 12.1. The van der Waals surface area contributed by atoms with E-state index in [1.807, 2.05) is 6.92 Å². The molecule has 18 heavy (non-hydrogen) atoms. The van der Waals surface area contributed by atoms with Crippen molar-refractivity contribution in [2.45, 2.75) is 46.1 Å². The van der Waals surface area contributed by atoms with Crippen molar-refractivity contribution in [2.75, 3.05) is 26.2 Å². The molecule has 0 aromatic heterocycles. The van der Waals surface area contributed by atoms with Crippen LogP contribution in [0.25, 0.3) is 0 Å². The molecule has 1 amide bonds. The first-order valence-corrected chi connectivity index (χ1v) is 7.29. The Balaban J connectivity index is 2.26. The number of hydrogen-bond acceptors (Lipinski definition) is 3. The standard InChI is InChI=1S/C14H29N3O/c1-4-16-13(14(15)18)7-10-17-8-5-12(6-9-17)11(2)3/h11-13,16H,4-10H2,1-3H3,(H2,15,18). The van der Waals surface area contributed by atoms with Gasteiger partial charge >= 0.3 is 0 Å². The van der Waals surface area contributed by atoms with E-state index < -0.39 is 0 Å². The predicted molar refractivity (Wildman–Crippen MR) is 75.3 cm³/mol. The highest BCUT2D eigenvalue weighted by Crippen LogP contribution is 2.24. The maximum Gasteiger partial charge on any atom is 0.234 e. The first-order chi connectivity index (χ1) is 8.54. The van der Waals surface area contributed by atoms with Gasteiger partial charge < -0.3 is 16.0 Å². The molecular weight excluding hydrogens is 226 g/mol. The number of amides is 1. The third kappa shape index (κ3) is 4.94. The van der Waals surface area contributed by atoms with Gasteiger partial charge in [-0.05, 0) is 50.7 Å². The fourth-order valence-corrected chi connectivity index (χ4v) is 2.75. The second-order valence-electron chi connectivity index (χ2n) is 5.72. The van der Waals surface area contributed by atoms with Crippen molar-refractivity contribution in [1.82, 2.24) is 10.2 Å². The van der Waals surface area contributed by atoms with Gasteiger partial charge in [0.15, 0.2) is 0 Å². The van der Waals surface area contributed by atoms with E-state index in [9.17, 15) is 4.79 Å². The van der Waals surface area contributed by atoms with E-state index in [0.717, 1.165) is 31.3 Å². The molecule has 1 saturated heterocycles. The zero-order valence-electron chi connectivity index (χ0n) is 12.1. The minimum atomic E-state index is -0.228. The molecule has 106 valence electrons. The number of primary amides is 1. The Hall–Kier alpha value is -0.610. The number of nitrogens with zero attached hydrogens (tertiary/aromatic N) is 1. The lowest BCUT2D eigenvalue weighted by Crippen LogP contribution is -2.44. The summed E-state index contributed by atoms with van der Waals surface area (Å²) in [6.07, 6.45) is 3.41. The summed E-state index contributed by atoms with van der Waals surface area (Å²) >= 11 is 0. The van der Waals surface area contributed by atoms with Gasteiger partial charge in [0.1, 0.15) is 0 Å². The number of likely N-dealkylation sites (N-methyl/N-ethyl adjacent to an activating group) is 1. The molecule has 0 saturated carbocycles. The van der Waals surface area contributed by atoms with Crippen molar-refractivity contribution in [3.8, 4) is 0 Å². The third-order valence-electron chi connectivity index (χ3n) is 4.10. The second-order valence-corrected chi connectivity index (χ2v) is 5.72. The van der Waals surface area contributed by atoms with E-state index >= 15 is 0 Å². The van der Waals surface area contributed by atoms with Crippen molar-refractivity contribution in [3.05, 3.63) is 0 Å². The molecule has 1 aliphatic heterocycles. The molecule has 1 atom stereocenters. The Bertz CT molecular complexity index is 247. The van der Waals surface area contributed by atoms with E-state index in [1.54, 1.807) is 0 Å². The van der Waals surface area contributed by atoms with Crippen LogP contribution in [-0.2, 0) is 4.79 Å². The number of nitrogens with one attached hydrogen (secondary N) is 1. The molecule has 4 heteroatoms. The van der Waals surface area contributed by atoms with Gasteiger partial charge in [-0.15, -0.1) is 0 Å². The zero-order chi connectivity index (χ0) is 13.5. The van der Waals surface area contributed by atoms with Gasteiger partial charge in [0.2, 0.25) is 5.91 Å². The minimum Gasteiger partial charge on any atom is -0.368 e. The molecule has 0 radical (unpaired) electrons. The Morgan fingerprint density at radius 3 is 2.44 bits per heavy atom. The highest BCUT2D eigenvalue weighted by molar-refractivity contribution is 5.79. The summed E-state index contributed by atoms with van der Waals surface area (Å²) in [5, 5.41) is 3.15. The van der Waals surface area contributed by atoms with Crippen LogP contribution in [0.1, 0.15) is 40.0 Å². The Labute approximate surface area is 111 Å². The fraction of sp³-hybridized carbons (Fsp3) is 0.929. The quantitative estimate of drug-likeness (QED) is 0.719. The summed E-state index contributed by atoms with van der Waals surface area (Å²) in [5.74, 6) is 1.45. The maximum atomic E-state index is 11.2. The molecule has 0 aromatic carbocycles. The van der Waals surface area contributed by atoms with Gasteiger partial charge in [-0.1, -0.05) is 20.8 Å². The maximum absolute atomic E-state index is 11.2. The summed E-state index contributed by atoms with van der Waals surface area (Å²) in [4.78, 5) is 13.7. The molecule has 1 aliphatic rings. The normalized spacial score (nSPS) is 20.2. The smallest absolute Gasteiger partial charge is 0.234 e. The van der Waals surface area contributed by atoms with E-state index in [0.29, 0.717) is 0 Å². The van der Waals surface area contributed by atoms with Gasteiger partial charge in [0.25, 0.3) is 0 Å². The number of hydrogen-bond donors (Lipinski definition) is 2. The molecule has 0 aromatic rings. The fourth-order valence-electron chi connectivity index (χ4n) is 2.75. The van der Waals surface area contributed by atoms with E-state index in [-0.39, 0.29) is 11.9 Å². The molecule has 0 spiro atoms. The third-order valence-corrected chi connectivity index (χ3v) is 4.10. The minimum absolute atomic E-state index is 0.169. The number of nitrogens with two attached hydrogens (primary N) is 1. The first kappa shape index (κ1) is 15.4. The van der Waals surface area contributed by atoms with E-state index in [1.165, 1.54) is 25.9 Å². The summed E-state index contributed by atoms with van der Waals surface area (Å²) in [6.45, 7) is 10.7. The van der Waals surface area contributed by atoms with Gasteiger partial charge in [0.05, 0.1) is 6.04 Å². The molecule has 1 fully saturated rings. The number of piperidine rings is 1. The van der Waals surface area contributed by atoms with Crippen LogP contribution in [0.3, 0.4) is 0 Å².